The van der Waals surface area contributed by atoms with Crippen LogP contribution in [0.5, 0.6) is 11.5 Å². The number of fused-ring (bicyclic) bond motifs is 1. The Morgan fingerprint density at radius 1 is 1.23 bits per heavy atom. The number of nitro benzene ring substituents is 1. The Hall–Kier alpha value is -3.82. The fourth-order valence-corrected chi connectivity index (χ4v) is 2.38. The Morgan fingerprint density at radius 3 is 2.77 bits per heavy atom. The summed E-state index contributed by atoms with van der Waals surface area (Å²) in [5.74, 6) is 0.395. The molecule has 3 heterocycles. The van der Waals surface area contributed by atoms with Crippen LogP contribution in [0, 0.1) is 10.1 Å². The van der Waals surface area contributed by atoms with Gasteiger partial charge in [0.15, 0.2) is 17.3 Å². The maximum atomic E-state index is 12.3. The zero-order chi connectivity index (χ0) is 18.1. The lowest BCUT2D eigenvalue weighted by molar-refractivity contribution is -0.385. The number of ether oxygens (including phenoxy) is 3. The van der Waals surface area contributed by atoms with Crippen molar-refractivity contribution in [2.24, 2.45) is 0 Å². The number of esters is 1. The van der Waals surface area contributed by atoms with E-state index < -0.39 is 16.6 Å². The number of nitro groups is 1. The van der Waals surface area contributed by atoms with Gasteiger partial charge in [-0.15, -0.1) is 0 Å². The molecular weight excluding hydrogens is 348 g/mol. The van der Waals surface area contributed by atoms with Gasteiger partial charge in [-0.25, -0.2) is 4.79 Å². The first-order valence-corrected chi connectivity index (χ1v) is 7.36. The molecular formula is C16H10N2O8. The van der Waals surface area contributed by atoms with Gasteiger partial charge in [-0.3, -0.25) is 10.1 Å². The maximum Gasteiger partial charge on any atom is 0.345 e. The second kappa shape index (κ2) is 6.24. The molecule has 0 bridgehead atoms. The van der Waals surface area contributed by atoms with Gasteiger partial charge >= 0.3 is 5.97 Å². The number of carbonyl (C=O) groups is 1. The average molecular weight is 358 g/mol. The number of aromatic nitrogens is 1. The van der Waals surface area contributed by atoms with Gasteiger partial charge in [0.1, 0.15) is 17.9 Å². The minimum Gasteiger partial charge on any atom is -0.461 e. The van der Waals surface area contributed by atoms with Crippen LogP contribution in [-0.2, 0) is 11.3 Å². The van der Waals surface area contributed by atoms with Crippen molar-refractivity contribution in [1.29, 1.82) is 0 Å². The number of hydrogen-bond acceptors (Lipinski definition) is 9. The molecule has 0 saturated carbocycles. The van der Waals surface area contributed by atoms with Crippen molar-refractivity contribution in [3.63, 3.8) is 0 Å². The Balaban J connectivity index is 1.51. The highest BCUT2D eigenvalue weighted by Gasteiger charge is 2.28. The Bertz CT molecular complexity index is 976. The van der Waals surface area contributed by atoms with Crippen LogP contribution in [0.1, 0.15) is 16.1 Å². The molecule has 1 aliphatic heterocycles. The lowest BCUT2D eigenvalue weighted by Gasteiger charge is -2.05. The highest BCUT2D eigenvalue weighted by molar-refractivity contribution is 5.95. The standard InChI is InChI=1S/C16H10N2O8/c19-16(10-5-13-14(25-8-24-13)6-11(10)18(20)21)23-7-9-4-15(26-17-9)12-2-1-3-22-12/h1-6H,7-8H2. The van der Waals surface area contributed by atoms with E-state index >= 15 is 0 Å². The van der Waals surface area contributed by atoms with Crippen molar-refractivity contribution in [3.05, 3.63) is 58.0 Å². The molecule has 0 N–H and O–H groups in total. The molecule has 4 rings (SSSR count). The van der Waals surface area contributed by atoms with Crippen LogP contribution in [0.2, 0.25) is 0 Å². The molecule has 0 saturated heterocycles. The fourth-order valence-electron chi connectivity index (χ4n) is 2.38. The van der Waals surface area contributed by atoms with Gasteiger partial charge in [-0.2, -0.15) is 0 Å². The fraction of sp³-hybridized carbons (Fsp3) is 0.125. The second-order valence-electron chi connectivity index (χ2n) is 5.22. The molecule has 2 aromatic heterocycles. The first-order valence-electron chi connectivity index (χ1n) is 7.36. The molecule has 0 amide bonds. The predicted octanol–water partition coefficient (Wildman–Crippen LogP) is 2.93. The summed E-state index contributed by atoms with van der Waals surface area (Å²) < 4.78 is 25.6. The van der Waals surface area contributed by atoms with E-state index in [-0.39, 0.29) is 30.5 Å². The third-order valence-corrected chi connectivity index (χ3v) is 3.58. The Labute approximate surface area is 145 Å². The molecule has 1 aromatic carbocycles. The quantitative estimate of drug-likeness (QED) is 0.384. The Kier molecular flexibility index (Phi) is 3.77. The smallest absolute Gasteiger partial charge is 0.345 e. The zero-order valence-corrected chi connectivity index (χ0v) is 13.0. The summed E-state index contributed by atoms with van der Waals surface area (Å²) in [5.41, 5.74) is -0.349. The number of furan rings is 1. The predicted molar refractivity (Wildman–Crippen MR) is 82.5 cm³/mol. The summed E-state index contributed by atoms with van der Waals surface area (Å²) in [6, 6.07) is 7.27. The molecule has 0 fully saturated rings. The topological polar surface area (TPSA) is 127 Å². The molecule has 1 aliphatic rings. The molecule has 26 heavy (non-hydrogen) atoms. The lowest BCUT2D eigenvalue weighted by atomic mass is 10.1. The van der Waals surface area contributed by atoms with Crippen LogP contribution in [0.25, 0.3) is 11.5 Å². The van der Waals surface area contributed by atoms with E-state index in [9.17, 15) is 14.9 Å². The van der Waals surface area contributed by atoms with Crippen molar-refractivity contribution in [2.75, 3.05) is 6.79 Å². The van der Waals surface area contributed by atoms with E-state index in [4.69, 9.17) is 23.2 Å². The summed E-state index contributed by atoms with van der Waals surface area (Å²) in [5, 5.41) is 15.0. The summed E-state index contributed by atoms with van der Waals surface area (Å²) in [6.45, 7) is -0.297. The third-order valence-electron chi connectivity index (χ3n) is 3.58. The van der Waals surface area contributed by atoms with Gasteiger partial charge in [0.05, 0.1) is 17.3 Å². The number of carbonyl (C=O) groups excluding carboxylic acids is 1. The molecule has 0 aliphatic carbocycles. The SMILES string of the molecule is O=C(OCc1cc(-c2ccco2)on1)c1cc2c(cc1[N+](=O)[O-])OCO2. The van der Waals surface area contributed by atoms with Crippen LogP contribution < -0.4 is 9.47 Å². The molecule has 0 unspecified atom stereocenters. The molecule has 0 atom stereocenters. The number of hydrogen-bond donors (Lipinski definition) is 0. The van der Waals surface area contributed by atoms with E-state index in [1.807, 2.05) is 0 Å². The first kappa shape index (κ1) is 15.7. The summed E-state index contributed by atoms with van der Waals surface area (Å²) >= 11 is 0. The van der Waals surface area contributed by atoms with Crippen molar-refractivity contribution < 1.29 is 32.9 Å². The lowest BCUT2D eigenvalue weighted by Crippen LogP contribution is -2.08. The van der Waals surface area contributed by atoms with E-state index in [1.54, 1.807) is 18.2 Å². The van der Waals surface area contributed by atoms with E-state index in [0.717, 1.165) is 6.07 Å². The summed E-state index contributed by atoms with van der Waals surface area (Å²) in [7, 11) is 0. The molecule has 10 heteroatoms. The van der Waals surface area contributed by atoms with Gasteiger partial charge in [0.25, 0.3) is 5.69 Å². The van der Waals surface area contributed by atoms with E-state index in [1.165, 1.54) is 12.3 Å². The Morgan fingerprint density at radius 2 is 2.04 bits per heavy atom. The molecule has 0 spiro atoms. The minimum absolute atomic E-state index is 0.0700. The number of nitrogens with zero attached hydrogens (tertiary/aromatic N) is 2. The minimum atomic E-state index is -0.891. The number of rotatable bonds is 5. The molecule has 0 radical (unpaired) electrons. The third kappa shape index (κ3) is 2.83. The van der Waals surface area contributed by atoms with Crippen LogP contribution in [0.4, 0.5) is 5.69 Å². The highest BCUT2D eigenvalue weighted by Crippen LogP contribution is 2.38. The average Bonchev–Trinajstić information content (AvgIpc) is 3.38. The van der Waals surface area contributed by atoms with Gasteiger partial charge < -0.3 is 23.2 Å². The van der Waals surface area contributed by atoms with Crippen LogP contribution >= 0.6 is 0 Å². The van der Waals surface area contributed by atoms with Crippen molar-refractivity contribution in [1.82, 2.24) is 5.16 Å². The van der Waals surface area contributed by atoms with Crippen LogP contribution in [0.15, 0.2) is 45.5 Å². The van der Waals surface area contributed by atoms with Gasteiger partial charge in [0, 0.05) is 12.1 Å². The van der Waals surface area contributed by atoms with Crippen molar-refractivity contribution in [3.8, 4) is 23.0 Å². The van der Waals surface area contributed by atoms with E-state index in [2.05, 4.69) is 5.16 Å². The number of benzene rings is 1. The highest BCUT2D eigenvalue weighted by atomic mass is 16.7. The van der Waals surface area contributed by atoms with Gasteiger partial charge in [0.2, 0.25) is 12.6 Å². The molecule has 132 valence electrons. The largest absolute Gasteiger partial charge is 0.461 e. The van der Waals surface area contributed by atoms with Crippen molar-refractivity contribution in [2.45, 2.75) is 6.61 Å². The van der Waals surface area contributed by atoms with Crippen LogP contribution in [-0.4, -0.2) is 22.8 Å². The maximum absolute atomic E-state index is 12.3. The summed E-state index contributed by atoms with van der Waals surface area (Å²) in [6.07, 6.45) is 1.48. The van der Waals surface area contributed by atoms with Crippen molar-refractivity contribution >= 4 is 11.7 Å². The molecule has 10 nitrogen and oxygen atoms in total. The summed E-state index contributed by atoms with van der Waals surface area (Å²) in [4.78, 5) is 22.8. The monoisotopic (exact) mass is 358 g/mol. The first-order chi connectivity index (χ1) is 12.6. The normalized spacial score (nSPS) is 12.2. The van der Waals surface area contributed by atoms with E-state index in [0.29, 0.717) is 17.2 Å². The zero-order valence-electron chi connectivity index (χ0n) is 13.0. The van der Waals surface area contributed by atoms with Gasteiger partial charge in [-0.1, -0.05) is 5.16 Å². The van der Waals surface area contributed by atoms with Crippen LogP contribution in [0.3, 0.4) is 0 Å². The second-order valence-corrected chi connectivity index (χ2v) is 5.22. The van der Waals surface area contributed by atoms with Gasteiger partial charge in [-0.05, 0) is 12.1 Å². The molecule has 3 aromatic rings.